The summed E-state index contributed by atoms with van der Waals surface area (Å²) in [6, 6.07) is 3.38. The number of ether oxygens (including phenoxy) is 1. The van der Waals surface area contributed by atoms with E-state index in [0.29, 0.717) is 12.8 Å². The highest BCUT2D eigenvalue weighted by Crippen LogP contribution is 2.26. The first-order valence-corrected chi connectivity index (χ1v) is 7.86. The lowest BCUT2D eigenvalue weighted by atomic mass is 10.0. The minimum atomic E-state index is -3.90. The first kappa shape index (κ1) is 15.7. The van der Waals surface area contributed by atoms with Gasteiger partial charge in [0, 0.05) is 13.1 Å². The number of aliphatic carboxylic acids is 1. The normalized spacial score (nSPS) is 20.2. The van der Waals surface area contributed by atoms with Crippen LogP contribution in [0.4, 0.5) is 4.39 Å². The Balaban J connectivity index is 2.29. The summed E-state index contributed by atoms with van der Waals surface area (Å²) in [6.45, 7) is 0.144. The lowest BCUT2D eigenvalue weighted by Gasteiger charge is -2.29. The van der Waals surface area contributed by atoms with Gasteiger partial charge < -0.3 is 9.84 Å². The molecule has 21 heavy (non-hydrogen) atoms. The summed E-state index contributed by atoms with van der Waals surface area (Å²) < 4.78 is 44.4. The maximum atomic E-state index is 13.7. The number of carboxylic acids is 1. The van der Waals surface area contributed by atoms with Gasteiger partial charge >= 0.3 is 5.97 Å². The Labute approximate surface area is 122 Å². The smallest absolute Gasteiger partial charge is 0.307 e. The number of rotatable bonds is 4. The van der Waals surface area contributed by atoms with Crippen LogP contribution in [0.15, 0.2) is 23.1 Å². The molecule has 1 aromatic carbocycles. The first-order chi connectivity index (χ1) is 9.86. The van der Waals surface area contributed by atoms with E-state index in [0.717, 1.165) is 10.4 Å². The predicted molar refractivity (Wildman–Crippen MR) is 72.1 cm³/mol. The number of piperidine rings is 1. The second-order valence-electron chi connectivity index (χ2n) is 4.84. The van der Waals surface area contributed by atoms with E-state index in [2.05, 4.69) is 0 Å². The molecule has 0 unspecified atom stereocenters. The van der Waals surface area contributed by atoms with Crippen LogP contribution in [0.3, 0.4) is 0 Å². The molecule has 2 rings (SSSR count). The number of carboxylic acid groups (broad SMARTS) is 1. The average Bonchev–Trinajstić information content (AvgIpc) is 2.47. The molecular weight excluding hydrogens is 301 g/mol. The molecule has 1 atom stereocenters. The molecule has 0 spiro atoms. The van der Waals surface area contributed by atoms with Crippen LogP contribution < -0.4 is 4.74 Å². The van der Waals surface area contributed by atoms with Crippen molar-refractivity contribution in [3.8, 4) is 5.75 Å². The lowest BCUT2D eigenvalue weighted by Crippen LogP contribution is -2.42. The molecule has 0 bridgehead atoms. The molecule has 0 radical (unpaired) electrons. The van der Waals surface area contributed by atoms with E-state index in [9.17, 15) is 17.6 Å². The molecule has 8 heteroatoms. The largest absolute Gasteiger partial charge is 0.494 e. The van der Waals surface area contributed by atoms with Crippen molar-refractivity contribution in [2.75, 3.05) is 20.2 Å². The van der Waals surface area contributed by atoms with Gasteiger partial charge in [-0.25, -0.2) is 12.8 Å². The van der Waals surface area contributed by atoms with E-state index in [1.54, 1.807) is 0 Å². The molecule has 1 aliphatic rings. The zero-order valence-corrected chi connectivity index (χ0v) is 12.3. The topological polar surface area (TPSA) is 83.9 Å². The van der Waals surface area contributed by atoms with Gasteiger partial charge in [0.1, 0.15) is 0 Å². The van der Waals surface area contributed by atoms with E-state index < -0.39 is 27.7 Å². The zero-order chi connectivity index (χ0) is 15.6. The Hall–Kier alpha value is -1.67. The molecule has 0 aliphatic carbocycles. The molecule has 1 saturated heterocycles. The Morgan fingerprint density at radius 1 is 1.48 bits per heavy atom. The summed E-state index contributed by atoms with van der Waals surface area (Å²) in [7, 11) is -2.62. The number of nitrogens with zero attached hydrogens (tertiary/aromatic N) is 1. The number of carbonyl (C=O) groups is 1. The molecule has 6 nitrogen and oxygen atoms in total. The first-order valence-electron chi connectivity index (χ1n) is 6.42. The van der Waals surface area contributed by atoms with Gasteiger partial charge in [0.05, 0.1) is 17.9 Å². The molecule has 0 aromatic heterocycles. The minimum absolute atomic E-state index is 0.0454. The molecular formula is C13H16FNO5S. The number of benzene rings is 1. The van der Waals surface area contributed by atoms with Crippen molar-refractivity contribution in [1.82, 2.24) is 4.31 Å². The fraction of sp³-hybridized carbons (Fsp3) is 0.462. The van der Waals surface area contributed by atoms with Crippen molar-refractivity contribution in [1.29, 1.82) is 0 Å². The van der Waals surface area contributed by atoms with Gasteiger partial charge in [-0.05, 0) is 31.0 Å². The summed E-state index contributed by atoms with van der Waals surface area (Å²) in [5.41, 5.74) is 0. The van der Waals surface area contributed by atoms with Crippen molar-refractivity contribution in [3.63, 3.8) is 0 Å². The van der Waals surface area contributed by atoms with E-state index in [4.69, 9.17) is 9.84 Å². The second-order valence-corrected chi connectivity index (χ2v) is 6.77. The van der Waals surface area contributed by atoms with Crippen molar-refractivity contribution in [3.05, 3.63) is 24.0 Å². The van der Waals surface area contributed by atoms with Gasteiger partial charge in [0.25, 0.3) is 0 Å². The Morgan fingerprint density at radius 2 is 2.19 bits per heavy atom. The van der Waals surface area contributed by atoms with Crippen LogP contribution in [0.25, 0.3) is 0 Å². The van der Waals surface area contributed by atoms with Gasteiger partial charge in [0.15, 0.2) is 11.6 Å². The molecule has 1 N–H and O–H groups in total. The fourth-order valence-corrected chi connectivity index (χ4v) is 3.86. The number of hydrogen-bond acceptors (Lipinski definition) is 4. The molecule has 0 amide bonds. The number of sulfonamides is 1. The van der Waals surface area contributed by atoms with Gasteiger partial charge in [-0.15, -0.1) is 0 Å². The Morgan fingerprint density at radius 3 is 2.76 bits per heavy atom. The summed E-state index contributed by atoms with van der Waals surface area (Å²) in [5, 5.41) is 9.01. The maximum Gasteiger partial charge on any atom is 0.307 e. The average molecular weight is 317 g/mol. The SMILES string of the molecule is COc1ccc(S(=O)(=O)N2CCC[C@H](C(=O)O)C2)cc1F. The molecule has 0 saturated carbocycles. The highest BCUT2D eigenvalue weighted by atomic mass is 32.2. The van der Waals surface area contributed by atoms with E-state index in [1.807, 2.05) is 0 Å². The van der Waals surface area contributed by atoms with Gasteiger partial charge in [-0.2, -0.15) is 4.31 Å². The summed E-state index contributed by atoms with van der Waals surface area (Å²) in [5.74, 6) is -2.56. The van der Waals surface area contributed by atoms with Crippen LogP contribution in [0.1, 0.15) is 12.8 Å². The van der Waals surface area contributed by atoms with Crippen LogP contribution >= 0.6 is 0 Å². The Bertz CT molecular complexity index is 646. The van der Waals surface area contributed by atoms with Crippen LogP contribution in [-0.4, -0.2) is 44.0 Å². The summed E-state index contributed by atoms with van der Waals surface area (Å²) in [4.78, 5) is 10.8. The summed E-state index contributed by atoms with van der Waals surface area (Å²) >= 11 is 0. The molecule has 1 aliphatic heterocycles. The third-order valence-electron chi connectivity index (χ3n) is 3.49. The van der Waals surface area contributed by atoms with Crippen molar-refractivity contribution < 1.29 is 27.4 Å². The molecule has 1 heterocycles. The molecule has 116 valence electrons. The lowest BCUT2D eigenvalue weighted by molar-refractivity contribution is -0.142. The van der Waals surface area contributed by atoms with Crippen LogP contribution in [0.2, 0.25) is 0 Å². The van der Waals surface area contributed by atoms with Crippen LogP contribution in [-0.2, 0) is 14.8 Å². The molecule has 1 fully saturated rings. The van der Waals surface area contributed by atoms with Crippen molar-refractivity contribution in [2.45, 2.75) is 17.7 Å². The van der Waals surface area contributed by atoms with Crippen LogP contribution in [0.5, 0.6) is 5.75 Å². The van der Waals surface area contributed by atoms with Gasteiger partial charge in [-0.1, -0.05) is 0 Å². The third-order valence-corrected chi connectivity index (χ3v) is 5.36. The fourth-order valence-electron chi connectivity index (χ4n) is 2.32. The highest BCUT2D eigenvalue weighted by Gasteiger charge is 2.33. The van der Waals surface area contributed by atoms with E-state index in [-0.39, 0.29) is 23.7 Å². The van der Waals surface area contributed by atoms with Gasteiger partial charge in [-0.3, -0.25) is 4.79 Å². The minimum Gasteiger partial charge on any atom is -0.494 e. The van der Waals surface area contributed by atoms with Crippen molar-refractivity contribution in [2.24, 2.45) is 5.92 Å². The van der Waals surface area contributed by atoms with Gasteiger partial charge in [0.2, 0.25) is 10.0 Å². The number of hydrogen-bond donors (Lipinski definition) is 1. The summed E-state index contributed by atoms with van der Waals surface area (Å²) in [6.07, 6.45) is 0.910. The van der Waals surface area contributed by atoms with Crippen molar-refractivity contribution >= 4 is 16.0 Å². The maximum absolute atomic E-state index is 13.7. The zero-order valence-electron chi connectivity index (χ0n) is 11.5. The van der Waals surface area contributed by atoms with Crippen LogP contribution in [0, 0.1) is 11.7 Å². The van der Waals surface area contributed by atoms with E-state index >= 15 is 0 Å². The quantitative estimate of drug-likeness (QED) is 0.905. The predicted octanol–water partition coefficient (Wildman–Crippen LogP) is 1.32. The van der Waals surface area contributed by atoms with E-state index in [1.165, 1.54) is 19.2 Å². The standard InChI is InChI=1S/C13H16FNO5S/c1-20-12-5-4-10(7-11(12)14)21(18,19)15-6-2-3-9(8-15)13(16)17/h4-5,7,9H,2-3,6,8H2,1H3,(H,16,17)/t9-/m0/s1. The number of halogens is 1. The third kappa shape index (κ3) is 3.16. The molecule has 1 aromatic rings. The Kier molecular flexibility index (Phi) is 4.48. The highest BCUT2D eigenvalue weighted by molar-refractivity contribution is 7.89. The second kappa shape index (κ2) is 5.98. The monoisotopic (exact) mass is 317 g/mol. The number of methoxy groups -OCH3 is 1.